The maximum atomic E-state index is 12.1. The Morgan fingerprint density at radius 1 is 1.38 bits per heavy atom. The number of carbonyl (C=O) groups is 2. The highest BCUT2D eigenvalue weighted by molar-refractivity contribution is 8.01. The maximum Gasteiger partial charge on any atom is 0.315 e. The number of ether oxygens (including phenoxy) is 1. The average Bonchev–Trinajstić information content (AvgIpc) is 3.01. The van der Waals surface area contributed by atoms with Gasteiger partial charge in [0, 0.05) is 5.56 Å². The Morgan fingerprint density at radius 2 is 2.17 bits per heavy atom. The van der Waals surface area contributed by atoms with Gasteiger partial charge in [0.15, 0.2) is 0 Å². The molecule has 1 heterocycles. The molecule has 0 aliphatic heterocycles. The summed E-state index contributed by atoms with van der Waals surface area (Å²) in [7, 11) is 0. The molecule has 8 heteroatoms. The lowest BCUT2D eigenvalue weighted by molar-refractivity contribution is -0.139. The fourth-order valence-electron chi connectivity index (χ4n) is 1.85. The van der Waals surface area contributed by atoms with Crippen molar-refractivity contribution in [2.75, 3.05) is 17.7 Å². The molecule has 2 rings (SSSR count). The summed E-state index contributed by atoms with van der Waals surface area (Å²) in [5.41, 5.74) is 2.11. The van der Waals surface area contributed by atoms with Crippen molar-refractivity contribution in [3.05, 3.63) is 29.8 Å². The number of aromatic nitrogens is 2. The number of nitrogens with zero attached hydrogens (tertiary/aromatic N) is 2. The molecule has 0 unspecified atom stereocenters. The highest BCUT2D eigenvalue weighted by Gasteiger charge is 2.18. The minimum absolute atomic E-state index is 0.146. The quantitative estimate of drug-likeness (QED) is 0.759. The van der Waals surface area contributed by atoms with Crippen LogP contribution in [0.5, 0.6) is 0 Å². The van der Waals surface area contributed by atoms with E-state index in [9.17, 15) is 9.59 Å². The van der Waals surface area contributed by atoms with Crippen LogP contribution in [0, 0.1) is 6.92 Å². The SMILES string of the molecule is CCOC(=O)CS[C@H](C)C(=O)Nc1nnc(-c2cccc(C)c2)s1. The first-order chi connectivity index (χ1) is 11.5. The predicted molar refractivity (Wildman–Crippen MR) is 97.3 cm³/mol. The number of hydrogen-bond acceptors (Lipinski definition) is 7. The maximum absolute atomic E-state index is 12.1. The molecule has 1 aromatic carbocycles. The minimum Gasteiger partial charge on any atom is -0.465 e. The number of esters is 1. The summed E-state index contributed by atoms with van der Waals surface area (Å²) in [6.45, 7) is 5.84. The smallest absolute Gasteiger partial charge is 0.315 e. The highest BCUT2D eigenvalue weighted by atomic mass is 32.2. The van der Waals surface area contributed by atoms with Gasteiger partial charge >= 0.3 is 5.97 Å². The summed E-state index contributed by atoms with van der Waals surface area (Å²) in [6, 6.07) is 7.94. The van der Waals surface area contributed by atoms with E-state index in [1.807, 2.05) is 31.2 Å². The average molecular weight is 365 g/mol. The minimum atomic E-state index is -0.388. The number of benzene rings is 1. The number of rotatable bonds is 7. The van der Waals surface area contributed by atoms with Crippen LogP contribution in [0.15, 0.2) is 24.3 Å². The summed E-state index contributed by atoms with van der Waals surface area (Å²) >= 11 is 2.54. The van der Waals surface area contributed by atoms with Gasteiger partial charge in [0.2, 0.25) is 11.0 Å². The molecule has 0 aliphatic carbocycles. The molecule has 0 fully saturated rings. The summed E-state index contributed by atoms with van der Waals surface area (Å²) in [5, 5.41) is 11.7. The predicted octanol–water partition coefficient (Wildman–Crippen LogP) is 3.14. The Bertz CT molecular complexity index is 718. The molecule has 0 saturated heterocycles. The zero-order valence-electron chi connectivity index (χ0n) is 13.7. The molecule has 1 aromatic heterocycles. The molecular weight excluding hydrogens is 346 g/mol. The molecule has 24 heavy (non-hydrogen) atoms. The van der Waals surface area contributed by atoms with E-state index in [4.69, 9.17) is 4.74 Å². The first kappa shape index (κ1) is 18.4. The van der Waals surface area contributed by atoms with Crippen LogP contribution in [0.2, 0.25) is 0 Å². The van der Waals surface area contributed by atoms with E-state index in [2.05, 4.69) is 15.5 Å². The van der Waals surface area contributed by atoms with E-state index < -0.39 is 0 Å². The Kier molecular flexibility index (Phi) is 6.74. The molecule has 0 spiro atoms. The van der Waals surface area contributed by atoms with Crippen LogP contribution in [0.4, 0.5) is 5.13 Å². The van der Waals surface area contributed by atoms with Crippen molar-refractivity contribution < 1.29 is 14.3 Å². The third kappa shape index (κ3) is 5.31. The van der Waals surface area contributed by atoms with Gasteiger partial charge in [0.25, 0.3) is 0 Å². The molecule has 1 amide bonds. The van der Waals surface area contributed by atoms with E-state index in [0.29, 0.717) is 11.7 Å². The molecule has 128 valence electrons. The number of aryl methyl sites for hydroxylation is 1. The molecule has 1 atom stereocenters. The van der Waals surface area contributed by atoms with Gasteiger partial charge in [-0.2, -0.15) is 0 Å². The number of amides is 1. The highest BCUT2D eigenvalue weighted by Crippen LogP contribution is 2.27. The van der Waals surface area contributed by atoms with E-state index in [-0.39, 0.29) is 22.9 Å². The Balaban J connectivity index is 1.91. The van der Waals surface area contributed by atoms with Crippen LogP contribution in [-0.4, -0.2) is 39.7 Å². The number of carbonyl (C=O) groups excluding carboxylic acids is 2. The lowest BCUT2D eigenvalue weighted by atomic mass is 10.1. The van der Waals surface area contributed by atoms with Gasteiger partial charge in [-0.05, 0) is 26.8 Å². The third-order valence-corrected chi connectivity index (χ3v) is 5.05. The number of thioether (sulfide) groups is 1. The fraction of sp³-hybridized carbons (Fsp3) is 0.375. The monoisotopic (exact) mass is 365 g/mol. The molecule has 0 saturated carbocycles. The molecular formula is C16H19N3O3S2. The zero-order chi connectivity index (χ0) is 17.5. The Labute approximate surface area is 149 Å². The van der Waals surface area contributed by atoms with Gasteiger partial charge in [-0.25, -0.2) is 0 Å². The Hall–Kier alpha value is -1.93. The number of nitrogens with one attached hydrogen (secondary N) is 1. The van der Waals surface area contributed by atoms with Crippen molar-refractivity contribution in [3.8, 4) is 10.6 Å². The number of anilines is 1. The molecule has 6 nitrogen and oxygen atoms in total. The zero-order valence-corrected chi connectivity index (χ0v) is 15.4. The van der Waals surface area contributed by atoms with Gasteiger partial charge in [-0.1, -0.05) is 35.1 Å². The third-order valence-electron chi connectivity index (χ3n) is 3.05. The molecule has 0 aliphatic rings. The fourth-order valence-corrected chi connectivity index (χ4v) is 3.27. The van der Waals surface area contributed by atoms with E-state index in [1.165, 1.54) is 23.1 Å². The summed E-state index contributed by atoms with van der Waals surface area (Å²) in [5.74, 6) is -0.386. The van der Waals surface area contributed by atoms with E-state index in [1.54, 1.807) is 13.8 Å². The van der Waals surface area contributed by atoms with Crippen molar-refractivity contribution in [3.63, 3.8) is 0 Å². The topological polar surface area (TPSA) is 81.2 Å². The van der Waals surface area contributed by atoms with Crippen LogP contribution < -0.4 is 5.32 Å². The summed E-state index contributed by atoms with van der Waals surface area (Å²) in [6.07, 6.45) is 0. The number of hydrogen-bond donors (Lipinski definition) is 1. The first-order valence-corrected chi connectivity index (χ1v) is 9.34. The van der Waals surface area contributed by atoms with E-state index >= 15 is 0 Å². The molecule has 0 bridgehead atoms. The van der Waals surface area contributed by atoms with Crippen LogP contribution in [-0.2, 0) is 14.3 Å². The van der Waals surface area contributed by atoms with Gasteiger partial charge in [0.05, 0.1) is 17.6 Å². The van der Waals surface area contributed by atoms with Crippen molar-refractivity contribution in [2.45, 2.75) is 26.0 Å². The van der Waals surface area contributed by atoms with Crippen LogP contribution in [0.25, 0.3) is 10.6 Å². The van der Waals surface area contributed by atoms with Crippen molar-refractivity contribution in [1.29, 1.82) is 0 Å². The summed E-state index contributed by atoms with van der Waals surface area (Å²) in [4.78, 5) is 23.5. The van der Waals surface area contributed by atoms with Crippen molar-refractivity contribution in [2.24, 2.45) is 0 Å². The standard InChI is InChI=1S/C16H19N3O3S2/c1-4-22-13(20)9-23-11(3)14(21)17-16-19-18-15(24-16)12-7-5-6-10(2)8-12/h5-8,11H,4,9H2,1-3H3,(H,17,19,21)/t11-/m1/s1. The van der Waals surface area contributed by atoms with Crippen LogP contribution >= 0.6 is 23.1 Å². The van der Waals surface area contributed by atoms with Gasteiger partial charge in [0.1, 0.15) is 5.01 Å². The second kappa shape index (κ2) is 8.79. The first-order valence-electron chi connectivity index (χ1n) is 7.48. The van der Waals surface area contributed by atoms with Crippen molar-refractivity contribution in [1.82, 2.24) is 10.2 Å². The van der Waals surface area contributed by atoms with E-state index in [0.717, 1.165) is 16.1 Å². The largest absolute Gasteiger partial charge is 0.465 e. The second-order valence-corrected chi connectivity index (χ2v) is 7.34. The normalized spacial score (nSPS) is 11.8. The van der Waals surface area contributed by atoms with Crippen molar-refractivity contribution >= 4 is 40.1 Å². The van der Waals surface area contributed by atoms with Crippen LogP contribution in [0.1, 0.15) is 19.4 Å². The summed E-state index contributed by atoms with van der Waals surface area (Å²) < 4.78 is 4.84. The lowest BCUT2D eigenvalue weighted by Gasteiger charge is -2.09. The second-order valence-electron chi connectivity index (χ2n) is 5.03. The van der Waals surface area contributed by atoms with Crippen LogP contribution in [0.3, 0.4) is 0 Å². The Morgan fingerprint density at radius 3 is 2.88 bits per heavy atom. The lowest BCUT2D eigenvalue weighted by Crippen LogP contribution is -2.24. The van der Waals surface area contributed by atoms with Gasteiger partial charge < -0.3 is 4.74 Å². The van der Waals surface area contributed by atoms with Gasteiger partial charge in [-0.3, -0.25) is 14.9 Å². The van der Waals surface area contributed by atoms with Gasteiger partial charge in [-0.15, -0.1) is 22.0 Å². The molecule has 0 radical (unpaired) electrons. The molecule has 2 aromatic rings. The molecule has 1 N–H and O–H groups in total.